The van der Waals surface area contributed by atoms with Crippen LogP contribution >= 0.6 is 0 Å². The molecular weight excluding hydrogens is 210 g/mol. The maximum Gasteiger partial charge on any atom is 0.0492 e. The Morgan fingerprint density at radius 2 is 2.12 bits per heavy atom. The van der Waals surface area contributed by atoms with Crippen LogP contribution in [0.4, 0.5) is 0 Å². The van der Waals surface area contributed by atoms with Crippen molar-refractivity contribution in [1.82, 2.24) is 15.1 Å². The van der Waals surface area contributed by atoms with Gasteiger partial charge in [-0.05, 0) is 52.1 Å². The van der Waals surface area contributed by atoms with Crippen LogP contribution in [0.2, 0.25) is 0 Å². The minimum Gasteiger partial charge on any atom is -0.312 e. The first kappa shape index (κ1) is 14.2. The molecule has 0 aliphatic carbocycles. The summed E-state index contributed by atoms with van der Waals surface area (Å²) in [6.45, 7) is 13.2. The van der Waals surface area contributed by atoms with Crippen molar-refractivity contribution in [3.63, 3.8) is 0 Å². The Labute approximate surface area is 106 Å². The van der Waals surface area contributed by atoms with Crippen LogP contribution in [0.5, 0.6) is 0 Å². The molecule has 1 unspecified atom stereocenters. The topological polar surface area (TPSA) is 29.9 Å². The first-order valence-electron chi connectivity index (χ1n) is 6.68. The Bertz CT molecular complexity index is 322. The van der Waals surface area contributed by atoms with Gasteiger partial charge >= 0.3 is 0 Å². The number of aromatic nitrogens is 2. The third-order valence-electron chi connectivity index (χ3n) is 2.78. The van der Waals surface area contributed by atoms with E-state index in [1.807, 2.05) is 6.20 Å². The minimum atomic E-state index is 0.206. The van der Waals surface area contributed by atoms with Crippen molar-refractivity contribution in [2.45, 2.75) is 59.5 Å². The van der Waals surface area contributed by atoms with Crippen molar-refractivity contribution < 1.29 is 0 Å². The maximum atomic E-state index is 4.36. The van der Waals surface area contributed by atoms with Gasteiger partial charge in [0.05, 0.1) is 0 Å². The number of nitrogens with one attached hydrogen (secondary N) is 1. The second-order valence-corrected chi connectivity index (χ2v) is 5.99. The Morgan fingerprint density at radius 3 is 2.71 bits per heavy atom. The molecule has 0 bridgehead atoms. The fraction of sp³-hybridized carbons (Fsp3) is 0.786. The molecule has 1 aromatic heterocycles. The largest absolute Gasteiger partial charge is 0.312 e. The molecule has 0 amide bonds. The summed E-state index contributed by atoms with van der Waals surface area (Å²) in [6, 6.07) is 2.14. The molecule has 1 atom stereocenters. The quantitative estimate of drug-likeness (QED) is 0.824. The van der Waals surface area contributed by atoms with E-state index in [2.05, 4.69) is 55.8 Å². The van der Waals surface area contributed by atoms with Crippen molar-refractivity contribution in [2.24, 2.45) is 5.92 Å². The fourth-order valence-corrected chi connectivity index (χ4v) is 1.86. The van der Waals surface area contributed by atoms with Gasteiger partial charge in [0.15, 0.2) is 0 Å². The average molecular weight is 237 g/mol. The predicted molar refractivity (Wildman–Crippen MR) is 73.1 cm³/mol. The highest BCUT2D eigenvalue weighted by atomic mass is 15.3. The monoisotopic (exact) mass is 237 g/mol. The van der Waals surface area contributed by atoms with E-state index in [1.54, 1.807) is 0 Å². The van der Waals surface area contributed by atoms with Crippen molar-refractivity contribution in [3.05, 3.63) is 18.0 Å². The van der Waals surface area contributed by atoms with Gasteiger partial charge in [0, 0.05) is 24.0 Å². The van der Waals surface area contributed by atoms with Gasteiger partial charge in [-0.2, -0.15) is 5.10 Å². The van der Waals surface area contributed by atoms with Crippen molar-refractivity contribution in [2.75, 3.05) is 6.54 Å². The van der Waals surface area contributed by atoms with Gasteiger partial charge in [-0.1, -0.05) is 13.8 Å². The van der Waals surface area contributed by atoms with Gasteiger partial charge in [-0.3, -0.25) is 4.68 Å². The molecule has 1 rings (SSSR count). The number of aryl methyl sites for hydroxylation is 1. The molecule has 0 radical (unpaired) electrons. The third-order valence-corrected chi connectivity index (χ3v) is 2.78. The summed E-state index contributed by atoms with van der Waals surface area (Å²) in [4.78, 5) is 0. The molecule has 0 fully saturated rings. The lowest BCUT2D eigenvalue weighted by molar-refractivity contribution is 0.377. The number of nitrogens with zero attached hydrogens (tertiary/aromatic N) is 2. The number of hydrogen-bond acceptors (Lipinski definition) is 2. The molecule has 0 saturated carbocycles. The van der Waals surface area contributed by atoms with Crippen molar-refractivity contribution >= 4 is 0 Å². The molecule has 3 heteroatoms. The second kappa shape index (κ2) is 6.20. The van der Waals surface area contributed by atoms with Gasteiger partial charge in [0.2, 0.25) is 0 Å². The van der Waals surface area contributed by atoms with E-state index in [4.69, 9.17) is 0 Å². The molecule has 1 heterocycles. The average Bonchev–Trinajstić information content (AvgIpc) is 2.63. The molecule has 0 spiro atoms. The highest BCUT2D eigenvalue weighted by Gasteiger charge is 2.12. The molecule has 0 aliphatic heterocycles. The lowest BCUT2D eigenvalue weighted by Gasteiger charge is -2.23. The zero-order chi connectivity index (χ0) is 12.9. The molecule has 98 valence electrons. The van der Waals surface area contributed by atoms with E-state index in [0.29, 0.717) is 5.92 Å². The lowest BCUT2D eigenvalue weighted by Crippen LogP contribution is -2.39. The molecule has 3 nitrogen and oxygen atoms in total. The summed E-state index contributed by atoms with van der Waals surface area (Å²) in [7, 11) is 0. The van der Waals surface area contributed by atoms with Gasteiger partial charge in [-0.15, -0.1) is 0 Å². The van der Waals surface area contributed by atoms with Crippen molar-refractivity contribution in [1.29, 1.82) is 0 Å². The van der Waals surface area contributed by atoms with Crippen molar-refractivity contribution in [3.8, 4) is 0 Å². The van der Waals surface area contributed by atoms with Crippen LogP contribution in [0.3, 0.4) is 0 Å². The van der Waals surface area contributed by atoms with Gasteiger partial charge < -0.3 is 5.32 Å². The number of hydrogen-bond donors (Lipinski definition) is 1. The van der Waals surface area contributed by atoms with E-state index >= 15 is 0 Å². The lowest BCUT2D eigenvalue weighted by atomic mass is 10.0. The van der Waals surface area contributed by atoms with E-state index in [9.17, 15) is 0 Å². The normalized spacial score (nSPS) is 13.9. The fourth-order valence-electron chi connectivity index (χ4n) is 1.86. The SMILES string of the molecule is CCCn1nccc1CC(C)CNC(C)(C)C. The molecule has 1 N–H and O–H groups in total. The summed E-state index contributed by atoms with van der Waals surface area (Å²) < 4.78 is 2.13. The standard InChI is InChI=1S/C14H27N3/c1-6-9-17-13(7-8-16-17)10-12(2)11-15-14(3,4)5/h7-8,12,15H,6,9-11H2,1-5H3. The summed E-state index contributed by atoms with van der Waals surface area (Å²) >= 11 is 0. The summed E-state index contributed by atoms with van der Waals surface area (Å²) in [6.07, 6.45) is 4.15. The smallest absolute Gasteiger partial charge is 0.0492 e. The molecule has 0 saturated heterocycles. The van der Waals surface area contributed by atoms with Crippen LogP contribution < -0.4 is 5.32 Å². The van der Waals surface area contributed by atoms with E-state index in [-0.39, 0.29) is 5.54 Å². The zero-order valence-corrected chi connectivity index (χ0v) is 12.0. The summed E-state index contributed by atoms with van der Waals surface area (Å²) in [5, 5.41) is 7.92. The van der Waals surface area contributed by atoms with Crippen LogP contribution in [0.1, 0.15) is 46.7 Å². The van der Waals surface area contributed by atoms with Gasteiger partial charge in [-0.25, -0.2) is 0 Å². The van der Waals surface area contributed by atoms with Gasteiger partial charge in [0.25, 0.3) is 0 Å². The van der Waals surface area contributed by atoms with Crippen LogP contribution in [-0.4, -0.2) is 21.9 Å². The highest BCUT2D eigenvalue weighted by Crippen LogP contribution is 2.09. The molecule has 0 aliphatic rings. The Kier molecular flexibility index (Phi) is 5.19. The van der Waals surface area contributed by atoms with Gasteiger partial charge in [0.1, 0.15) is 0 Å². The third kappa shape index (κ3) is 5.35. The Balaban J connectivity index is 2.44. The Hall–Kier alpha value is -0.830. The van der Waals surface area contributed by atoms with E-state index < -0.39 is 0 Å². The first-order chi connectivity index (χ1) is 7.92. The summed E-state index contributed by atoms with van der Waals surface area (Å²) in [5.41, 5.74) is 1.56. The highest BCUT2D eigenvalue weighted by molar-refractivity contribution is 5.01. The van der Waals surface area contributed by atoms with Crippen LogP contribution in [0, 0.1) is 5.92 Å². The molecule has 0 aromatic carbocycles. The van der Waals surface area contributed by atoms with Crippen LogP contribution in [-0.2, 0) is 13.0 Å². The zero-order valence-electron chi connectivity index (χ0n) is 12.0. The van der Waals surface area contributed by atoms with Crippen LogP contribution in [0.25, 0.3) is 0 Å². The van der Waals surface area contributed by atoms with Crippen LogP contribution in [0.15, 0.2) is 12.3 Å². The predicted octanol–water partition coefficient (Wildman–Crippen LogP) is 2.86. The van der Waals surface area contributed by atoms with E-state index in [0.717, 1.165) is 25.9 Å². The Morgan fingerprint density at radius 1 is 1.41 bits per heavy atom. The molecule has 17 heavy (non-hydrogen) atoms. The summed E-state index contributed by atoms with van der Waals surface area (Å²) in [5.74, 6) is 0.640. The second-order valence-electron chi connectivity index (χ2n) is 5.99. The van der Waals surface area contributed by atoms with E-state index in [1.165, 1.54) is 5.69 Å². The number of rotatable bonds is 6. The molecular formula is C14H27N3. The molecule has 1 aromatic rings. The minimum absolute atomic E-state index is 0.206. The maximum absolute atomic E-state index is 4.36. The first-order valence-corrected chi connectivity index (χ1v) is 6.68.